The van der Waals surface area contributed by atoms with E-state index in [4.69, 9.17) is 15.2 Å². The van der Waals surface area contributed by atoms with Gasteiger partial charge in [0, 0.05) is 13.2 Å². The van der Waals surface area contributed by atoms with Crippen molar-refractivity contribution in [3.8, 4) is 5.75 Å². The molecule has 0 aliphatic carbocycles. The second-order valence-corrected chi connectivity index (χ2v) is 3.85. The van der Waals surface area contributed by atoms with Gasteiger partial charge in [0.05, 0.1) is 12.8 Å². The zero-order valence-corrected chi connectivity index (χ0v) is 9.03. The monoisotopic (exact) mass is 207 g/mol. The average Bonchev–Trinajstić information content (AvgIpc) is 2.30. The molecule has 0 radical (unpaired) electrons. The van der Waals surface area contributed by atoms with Crippen molar-refractivity contribution in [2.75, 3.05) is 26.1 Å². The molecule has 1 aromatic rings. The lowest BCUT2D eigenvalue weighted by molar-refractivity contribution is 0.0854. The van der Waals surface area contributed by atoms with Gasteiger partial charge in [0.1, 0.15) is 5.75 Å². The fraction of sp³-hybridized carbons (Fsp3) is 0.500. The molecule has 0 saturated carbocycles. The van der Waals surface area contributed by atoms with Crippen molar-refractivity contribution >= 4 is 5.69 Å². The second-order valence-electron chi connectivity index (χ2n) is 3.85. The third-order valence-electron chi connectivity index (χ3n) is 2.98. The van der Waals surface area contributed by atoms with Gasteiger partial charge in [-0.1, -0.05) is 12.1 Å². The quantitative estimate of drug-likeness (QED) is 0.756. The molecule has 0 aromatic heterocycles. The maximum Gasteiger partial charge on any atom is 0.142 e. The Morgan fingerprint density at radius 2 is 2.07 bits per heavy atom. The Balaban J connectivity index is 2.26. The van der Waals surface area contributed by atoms with Crippen LogP contribution >= 0.6 is 0 Å². The molecule has 15 heavy (non-hydrogen) atoms. The largest absolute Gasteiger partial charge is 0.495 e. The molecule has 1 aliphatic heterocycles. The van der Waals surface area contributed by atoms with E-state index in [1.54, 1.807) is 7.11 Å². The number of nitrogen functional groups attached to an aromatic ring is 1. The highest BCUT2D eigenvalue weighted by Crippen LogP contribution is 2.35. The zero-order valence-electron chi connectivity index (χ0n) is 9.03. The van der Waals surface area contributed by atoms with Gasteiger partial charge in [-0.3, -0.25) is 0 Å². The van der Waals surface area contributed by atoms with Crippen molar-refractivity contribution in [2.24, 2.45) is 0 Å². The summed E-state index contributed by atoms with van der Waals surface area (Å²) in [5.41, 5.74) is 8.05. The van der Waals surface area contributed by atoms with Crippen molar-refractivity contribution in [1.82, 2.24) is 0 Å². The first-order valence-electron chi connectivity index (χ1n) is 5.33. The summed E-state index contributed by atoms with van der Waals surface area (Å²) in [6, 6.07) is 5.99. The topological polar surface area (TPSA) is 44.5 Å². The van der Waals surface area contributed by atoms with E-state index in [9.17, 15) is 0 Å². The molecule has 3 nitrogen and oxygen atoms in total. The number of nitrogens with two attached hydrogens (primary N) is 1. The number of benzene rings is 1. The van der Waals surface area contributed by atoms with Crippen LogP contribution in [0.5, 0.6) is 5.75 Å². The van der Waals surface area contributed by atoms with E-state index < -0.39 is 0 Å². The highest BCUT2D eigenvalue weighted by molar-refractivity contribution is 5.59. The van der Waals surface area contributed by atoms with E-state index >= 15 is 0 Å². The first kappa shape index (κ1) is 10.3. The lowest BCUT2D eigenvalue weighted by Gasteiger charge is -2.24. The molecule has 0 atom stereocenters. The van der Waals surface area contributed by atoms with Crippen molar-refractivity contribution in [3.05, 3.63) is 23.8 Å². The Kier molecular flexibility index (Phi) is 3.11. The summed E-state index contributed by atoms with van der Waals surface area (Å²) in [4.78, 5) is 0. The fourth-order valence-electron chi connectivity index (χ4n) is 2.10. The molecule has 2 rings (SSSR count). The number of hydrogen-bond donors (Lipinski definition) is 1. The van der Waals surface area contributed by atoms with Gasteiger partial charge < -0.3 is 15.2 Å². The summed E-state index contributed by atoms with van der Waals surface area (Å²) < 4.78 is 10.6. The number of para-hydroxylation sites is 1. The Labute approximate surface area is 90.2 Å². The normalized spacial score (nSPS) is 17.7. The lowest BCUT2D eigenvalue weighted by Crippen LogP contribution is -2.15. The SMILES string of the molecule is COc1cccc(C2CCOCC2)c1N. The first-order chi connectivity index (χ1) is 7.33. The second kappa shape index (κ2) is 4.53. The van der Waals surface area contributed by atoms with Gasteiger partial charge in [0.2, 0.25) is 0 Å². The third-order valence-corrected chi connectivity index (χ3v) is 2.98. The van der Waals surface area contributed by atoms with E-state index in [0.717, 1.165) is 37.5 Å². The Bertz CT molecular complexity index is 332. The molecule has 1 fully saturated rings. The number of rotatable bonds is 2. The first-order valence-corrected chi connectivity index (χ1v) is 5.33. The summed E-state index contributed by atoms with van der Waals surface area (Å²) >= 11 is 0. The molecule has 1 aliphatic rings. The summed E-state index contributed by atoms with van der Waals surface area (Å²) in [7, 11) is 1.65. The molecule has 82 valence electrons. The number of methoxy groups -OCH3 is 1. The minimum Gasteiger partial charge on any atom is -0.495 e. The van der Waals surface area contributed by atoms with Crippen molar-refractivity contribution in [2.45, 2.75) is 18.8 Å². The number of anilines is 1. The number of hydrogen-bond acceptors (Lipinski definition) is 3. The van der Waals surface area contributed by atoms with Gasteiger partial charge in [-0.05, 0) is 30.4 Å². The van der Waals surface area contributed by atoms with Crippen molar-refractivity contribution in [1.29, 1.82) is 0 Å². The third kappa shape index (κ3) is 2.07. The van der Waals surface area contributed by atoms with Crippen molar-refractivity contribution in [3.63, 3.8) is 0 Å². The minimum absolute atomic E-state index is 0.522. The van der Waals surface area contributed by atoms with Crippen LogP contribution in [-0.4, -0.2) is 20.3 Å². The van der Waals surface area contributed by atoms with Gasteiger partial charge in [0.25, 0.3) is 0 Å². The summed E-state index contributed by atoms with van der Waals surface area (Å²) in [5, 5.41) is 0. The Morgan fingerprint density at radius 1 is 1.33 bits per heavy atom. The molecule has 0 bridgehead atoms. The minimum atomic E-state index is 0.522. The maximum absolute atomic E-state index is 6.06. The van der Waals surface area contributed by atoms with Crippen LogP contribution in [0.25, 0.3) is 0 Å². The van der Waals surface area contributed by atoms with E-state index in [1.807, 2.05) is 12.1 Å². The smallest absolute Gasteiger partial charge is 0.142 e. The molecule has 0 unspecified atom stereocenters. The highest BCUT2D eigenvalue weighted by atomic mass is 16.5. The van der Waals surface area contributed by atoms with Crippen LogP contribution in [0.2, 0.25) is 0 Å². The van der Waals surface area contributed by atoms with Gasteiger partial charge in [-0.2, -0.15) is 0 Å². The van der Waals surface area contributed by atoms with E-state index in [-0.39, 0.29) is 0 Å². The van der Waals surface area contributed by atoms with E-state index in [0.29, 0.717) is 5.92 Å². The molecule has 3 heteroatoms. The van der Waals surface area contributed by atoms with Crippen LogP contribution < -0.4 is 10.5 Å². The summed E-state index contributed by atoms with van der Waals surface area (Å²) in [5.74, 6) is 1.30. The van der Waals surface area contributed by atoms with Crippen molar-refractivity contribution < 1.29 is 9.47 Å². The van der Waals surface area contributed by atoms with Gasteiger partial charge >= 0.3 is 0 Å². The molecular weight excluding hydrogens is 190 g/mol. The number of ether oxygens (including phenoxy) is 2. The van der Waals surface area contributed by atoms with Crippen LogP contribution in [-0.2, 0) is 4.74 Å². The maximum atomic E-state index is 6.06. The molecule has 2 N–H and O–H groups in total. The highest BCUT2D eigenvalue weighted by Gasteiger charge is 2.19. The average molecular weight is 207 g/mol. The fourth-order valence-corrected chi connectivity index (χ4v) is 2.10. The summed E-state index contributed by atoms with van der Waals surface area (Å²) in [6.45, 7) is 1.67. The molecule has 0 amide bonds. The summed E-state index contributed by atoms with van der Waals surface area (Å²) in [6.07, 6.45) is 2.11. The Morgan fingerprint density at radius 3 is 2.73 bits per heavy atom. The van der Waals surface area contributed by atoms with E-state index in [1.165, 1.54) is 5.56 Å². The molecule has 1 heterocycles. The lowest BCUT2D eigenvalue weighted by atomic mass is 9.90. The van der Waals surface area contributed by atoms with Gasteiger partial charge in [0.15, 0.2) is 0 Å². The predicted molar refractivity (Wildman–Crippen MR) is 60.2 cm³/mol. The molecule has 1 aromatic carbocycles. The van der Waals surface area contributed by atoms with E-state index in [2.05, 4.69) is 6.07 Å². The van der Waals surface area contributed by atoms with Gasteiger partial charge in [-0.15, -0.1) is 0 Å². The Hall–Kier alpha value is -1.22. The van der Waals surface area contributed by atoms with Crippen LogP contribution in [0, 0.1) is 0 Å². The zero-order chi connectivity index (χ0) is 10.7. The standard InChI is InChI=1S/C12H17NO2/c1-14-11-4-2-3-10(12(11)13)9-5-7-15-8-6-9/h2-4,9H,5-8,13H2,1H3. The molecule has 0 spiro atoms. The van der Waals surface area contributed by atoms with Gasteiger partial charge in [-0.25, -0.2) is 0 Å². The molecule has 1 saturated heterocycles. The molecular formula is C12H17NO2. The van der Waals surface area contributed by atoms with Crippen LogP contribution in [0.1, 0.15) is 24.3 Å². The van der Waals surface area contributed by atoms with Crippen LogP contribution in [0.4, 0.5) is 5.69 Å². The van der Waals surface area contributed by atoms with Crippen LogP contribution in [0.3, 0.4) is 0 Å². The predicted octanol–water partition coefficient (Wildman–Crippen LogP) is 2.17. The van der Waals surface area contributed by atoms with Crippen LogP contribution in [0.15, 0.2) is 18.2 Å².